The number of rotatable bonds is 6. The SMILES string of the molecule is COC(=O)C(=Cc1ccccc1)C(=O)C(OC)OC. The number of esters is 1. The molecule has 0 saturated heterocycles. The lowest BCUT2D eigenvalue weighted by atomic mass is 10.1. The summed E-state index contributed by atoms with van der Waals surface area (Å²) >= 11 is 0. The Bertz CT molecular complexity index is 460. The highest BCUT2D eigenvalue weighted by Crippen LogP contribution is 2.12. The second-order valence-corrected chi connectivity index (χ2v) is 3.63. The lowest BCUT2D eigenvalue weighted by molar-refractivity contribution is -0.155. The van der Waals surface area contributed by atoms with Crippen molar-refractivity contribution in [1.29, 1.82) is 0 Å². The predicted molar refractivity (Wildman–Crippen MR) is 69.2 cm³/mol. The maximum atomic E-state index is 12.1. The van der Waals surface area contributed by atoms with Crippen LogP contribution in [0, 0.1) is 0 Å². The Morgan fingerprint density at radius 2 is 1.63 bits per heavy atom. The molecule has 0 aliphatic heterocycles. The quantitative estimate of drug-likeness (QED) is 0.256. The minimum absolute atomic E-state index is 0.123. The van der Waals surface area contributed by atoms with Crippen molar-refractivity contribution in [2.45, 2.75) is 6.29 Å². The molecule has 1 rings (SSSR count). The molecule has 0 unspecified atom stereocenters. The Morgan fingerprint density at radius 3 is 2.11 bits per heavy atom. The number of benzene rings is 1. The topological polar surface area (TPSA) is 61.8 Å². The van der Waals surface area contributed by atoms with Crippen molar-refractivity contribution in [1.82, 2.24) is 0 Å². The van der Waals surface area contributed by atoms with Crippen molar-refractivity contribution in [3.63, 3.8) is 0 Å². The summed E-state index contributed by atoms with van der Waals surface area (Å²) in [6, 6.07) is 8.98. The lowest BCUT2D eigenvalue weighted by Gasteiger charge is -2.13. The monoisotopic (exact) mass is 264 g/mol. The molecule has 0 saturated carbocycles. The van der Waals surface area contributed by atoms with Crippen LogP contribution < -0.4 is 0 Å². The van der Waals surface area contributed by atoms with Crippen LogP contribution in [0.5, 0.6) is 0 Å². The molecule has 0 bridgehead atoms. The van der Waals surface area contributed by atoms with E-state index in [9.17, 15) is 9.59 Å². The minimum atomic E-state index is -1.13. The maximum absolute atomic E-state index is 12.1. The highest BCUT2D eigenvalue weighted by molar-refractivity contribution is 6.21. The first-order valence-electron chi connectivity index (χ1n) is 5.59. The van der Waals surface area contributed by atoms with E-state index < -0.39 is 18.0 Å². The summed E-state index contributed by atoms with van der Waals surface area (Å²) in [5.74, 6) is -1.31. The van der Waals surface area contributed by atoms with Gasteiger partial charge in [0.2, 0.25) is 12.1 Å². The molecule has 5 nitrogen and oxygen atoms in total. The zero-order chi connectivity index (χ0) is 14.3. The third-order valence-electron chi connectivity index (χ3n) is 2.42. The van der Waals surface area contributed by atoms with E-state index in [1.54, 1.807) is 24.3 Å². The second kappa shape index (κ2) is 7.45. The fraction of sp³-hybridized carbons (Fsp3) is 0.286. The van der Waals surface area contributed by atoms with E-state index in [4.69, 9.17) is 9.47 Å². The van der Waals surface area contributed by atoms with Gasteiger partial charge in [-0.05, 0) is 11.6 Å². The number of methoxy groups -OCH3 is 3. The third-order valence-corrected chi connectivity index (χ3v) is 2.42. The number of carbonyl (C=O) groups excluding carboxylic acids is 2. The van der Waals surface area contributed by atoms with Gasteiger partial charge in [0.25, 0.3) is 0 Å². The Kier molecular flexibility index (Phi) is 5.92. The van der Waals surface area contributed by atoms with E-state index in [1.165, 1.54) is 27.4 Å². The molecule has 102 valence electrons. The van der Waals surface area contributed by atoms with Gasteiger partial charge in [-0.2, -0.15) is 0 Å². The average molecular weight is 264 g/mol. The standard InChI is InChI=1S/C14H16O5/c1-17-13(16)11(12(15)14(18-2)19-3)9-10-7-5-4-6-8-10/h4-9,14H,1-3H3. The van der Waals surface area contributed by atoms with Crippen LogP contribution in [0.3, 0.4) is 0 Å². The van der Waals surface area contributed by atoms with Crippen LogP contribution in [-0.2, 0) is 23.8 Å². The highest BCUT2D eigenvalue weighted by Gasteiger charge is 2.27. The van der Waals surface area contributed by atoms with Gasteiger partial charge in [0.1, 0.15) is 5.57 Å². The van der Waals surface area contributed by atoms with Gasteiger partial charge in [-0.3, -0.25) is 4.79 Å². The third kappa shape index (κ3) is 4.01. The zero-order valence-electron chi connectivity index (χ0n) is 11.1. The fourth-order valence-electron chi connectivity index (χ4n) is 1.49. The van der Waals surface area contributed by atoms with E-state index in [1.807, 2.05) is 6.07 Å². The highest BCUT2D eigenvalue weighted by atomic mass is 16.7. The minimum Gasteiger partial charge on any atom is -0.465 e. The molecule has 0 amide bonds. The summed E-state index contributed by atoms with van der Waals surface area (Å²) in [4.78, 5) is 23.8. The molecule has 0 aliphatic rings. The maximum Gasteiger partial charge on any atom is 0.341 e. The molecule has 0 fully saturated rings. The van der Waals surface area contributed by atoms with Crippen LogP contribution in [0.1, 0.15) is 5.56 Å². The summed E-state index contributed by atoms with van der Waals surface area (Å²) < 4.78 is 14.3. The largest absolute Gasteiger partial charge is 0.465 e. The summed E-state index contributed by atoms with van der Waals surface area (Å²) in [5.41, 5.74) is 0.588. The summed E-state index contributed by atoms with van der Waals surface area (Å²) in [6.07, 6.45) is 0.313. The Labute approximate surface area is 111 Å². The van der Waals surface area contributed by atoms with Crippen molar-refractivity contribution in [2.75, 3.05) is 21.3 Å². The molecular weight excluding hydrogens is 248 g/mol. The van der Waals surface area contributed by atoms with Crippen molar-refractivity contribution < 1.29 is 23.8 Å². The van der Waals surface area contributed by atoms with Crippen molar-refractivity contribution in [3.05, 3.63) is 41.5 Å². The molecule has 5 heteroatoms. The normalized spacial score (nSPS) is 11.5. The van der Waals surface area contributed by atoms with Gasteiger partial charge >= 0.3 is 5.97 Å². The van der Waals surface area contributed by atoms with Gasteiger partial charge in [-0.15, -0.1) is 0 Å². The van der Waals surface area contributed by atoms with Crippen LogP contribution in [0.2, 0.25) is 0 Å². The first kappa shape index (κ1) is 15.1. The van der Waals surface area contributed by atoms with Crippen LogP contribution >= 0.6 is 0 Å². The van der Waals surface area contributed by atoms with E-state index >= 15 is 0 Å². The molecule has 0 atom stereocenters. The number of hydrogen-bond acceptors (Lipinski definition) is 5. The average Bonchev–Trinajstić information content (AvgIpc) is 2.46. The Balaban J connectivity index is 3.12. The number of Topliss-reactive ketones (excluding diaryl/α,β-unsaturated/α-hetero) is 1. The zero-order valence-corrected chi connectivity index (χ0v) is 11.1. The van der Waals surface area contributed by atoms with Crippen molar-refractivity contribution in [2.24, 2.45) is 0 Å². The summed E-state index contributed by atoms with van der Waals surface area (Å²) in [5, 5.41) is 0. The molecule has 0 heterocycles. The lowest BCUT2D eigenvalue weighted by Crippen LogP contribution is -2.29. The van der Waals surface area contributed by atoms with Gasteiger partial charge < -0.3 is 14.2 Å². The van der Waals surface area contributed by atoms with Crippen LogP contribution in [-0.4, -0.2) is 39.4 Å². The van der Waals surface area contributed by atoms with Crippen LogP contribution in [0.4, 0.5) is 0 Å². The number of hydrogen-bond donors (Lipinski definition) is 0. The van der Waals surface area contributed by atoms with Gasteiger partial charge in [0.15, 0.2) is 0 Å². The first-order valence-corrected chi connectivity index (χ1v) is 5.59. The molecular formula is C14H16O5. The molecule has 0 aliphatic carbocycles. The van der Waals surface area contributed by atoms with E-state index in [-0.39, 0.29) is 5.57 Å². The molecule has 0 radical (unpaired) electrons. The van der Waals surface area contributed by atoms with Gasteiger partial charge in [0, 0.05) is 14.2 Å². The van der Waals surface area contributed by atoms with Crippen molar-refractivity contribution >= 4 is 17.8 Å². The Morgan fingerprint density at radius 1 is 1.05 bits per heavy atom. The van der Waals surface area contributed by atoms with E-state index in [2.05, 4.69) is 4.74 Å². The molecule has 0 N–H and O–H groups in total. The fourth-order valence-corrected chi connectivity index (χ4v) is 1.49. The molecule has 1 aromatic rings. The summed E-state index contributed by atoms with van der Waals surface area (Å²) in [7, 11) is 3.86. The molecule has 0 aromatic heterocycles. The van der Waals surface area contributed by atoms with Gasteiger partial charge in [-0.25, -0.2) is 4.79 Å². The van der Waals surface area contributed by atoms with Gasteiger partial charge in [-0.1, -0.05) is 30.3 Å². The molecule has 19 heavy (non-hydrogen) atoms. The van der Waals surface area contributed by atoms with Gasteiger partial charge in [0.05, 0.1) is 7.11 Å². The van der Waals surface area contributed by atoms with Crippen molar-refractivity contribution in [3.8, 4) is 0 Å². The van der Waals surface area contributed by atoms with E-state index in [0.29, 0.717) is 5.56 Å². The summed E-state index contributed by atoms with van der Waals surface area (Å²) in [6.45, 7) is 0. The van der Waals surface area contributed by atoms with Crippen LogP contribution in [0.15, 0.2) is 35.9 Å². The van der Waals surface area contributed by atoms with E-state index in [0.717, 1.165) is 0 Å². The number of ether oxygens (including phenoxy) is 3. The second-order valence-electron chi connectivity index (χ2n) is 3.63. The molecule has 0 spiro atoms. The Hall–Kier alpha value is -1.98. The van der Waals surface area contributed by atoms with Crippen LogP contribution in [0.25, 0.3) is 6.08 Å². The predicted octanol–water partition coefficient (Wildman–Crippen LogP) is 1.43. The number of ketones is 1. The smallest absolute Gasteiger partial charge is 0.341 e. The molecule has 1 aromatic carbocycles. The number of carbonyl (C=O) groups is 2. The first-order chi connectivity index (χ1) is 9.13.